The third-order valence-corrected chi connectivity index (χ3v) is 3.17. The van der Waals surface area contributed by atoms with Gasteiger partial charge in [-0.3, -0.25) is 4.79 Å². The van der Waals surface area contributed by atoms with Gasteiger partial charge in [0.05, 0.1) is 31.3 Å². The molecule has 92 valence electrons. The van der Waals surface area contributed by atoms with Crippen LogP contribution in [0, 0.1) is 5.92 Å². The quantitative estimate of drug-likeness (QED) is 0.663. The highest BCUT2D eigenvalue weighted by Crippen LogP contribution is 2.18. The van der Waals surface area contributed by atoms with Crippen molar-refractivity contribution in [3.05, 3.63) is 0 Å². The summed E-state index contributed by atoms with van der Waals surface area (Å²) in [4.78, 5) is 14.1. The van der Waals surface area contributed by atoms with Crippen LogP contribution in [0.5, 0.6) is 0 Å². The second-order valence-corrected chi connectivity index (χ2v) is 4.81. The van der Waals surface area contributed by atoms with Gasteiger partial charge in [0.25, 0.3) is 0 Å². The standard InChI is InChI=1S/C11H20N2O3/c1-7-3-13(4-8(2)16-7)11(14)9-5-15-6-10(9)12/h7-10H,3-6,12H2,1-2H3. The van der Waals surface area contributed by atoms with Gasteiger partial charge in [-0.25, -0.2) is 0 Å². The van der Waals surface area contributed by atoms with E-state index >= 15 is 0 Å². The summed E-state index contributed by atoms with van der Waals surface area (Å²) in [6.07, 6.45) is 0.206. The predicted molar refractivity (Wildman–Crippen MR) is 58.9 cm³/mol. The van der Waals surface area contributed by atoms with Crippen molar-refractivity contribution in [2.45, 2.75) is 32.1 Å². The number of amides is 1. The summed E-state index contributed by atoms with van der Waals surface area (Å²) < 4.78 is 10.8. The lowest BCUT2D eigenvalue weighted by Gasteiger charge is -2.36. The van der Waals surface area contributed by atoms with Gasteiger partial charge in [-0.1, -0.05) is 0 Å². The number of carbonyl (C=O) groups excluding carboxylic acids is 1. The fourth-order valence-electron chi connectivity index (χ4n) is 2.42. The Morgan fingerprint density at radius 2 is 1.88 bits per heavy atom. The number of hydrogen-bond acceptors (Lipinski definition) is 4. The van der Waals surface area contributed by atoms with Crippen LogP contribution in [0.1, 0.15) is 13.8 Å². The maximum absolute atomic E-state index is 12.2. The monoisotopic (exact) mass is 228 g/mol. The molecule has 5 heteroatoms. The summed E-state index contributed by atoms with van der Waals surface area (Å²) in [5, 5.41) is 0. The number of nitrogens with two attached hydrogens (primary N) is 1. The molecule has 0 radical (unpaired) electrons. The fourth-order valence-corrected chi connectivity index (χ4v) is 2.42. The number of rotatable bonds is 1. The summed E-state index contributed by atoms with van der Waals surface area (Å²) >= 11 is 0. The summed E-state index contributed by atoms with van der Waals surface area (Å²) in [6, 6.07) is -0.152. The van der Waals surface area contributed by atoms with Crippen LogP contribution in [0.2, 0.25) is 0 Å². The Balaban J connectivity index is 1.98. The normalized spacial score (nSPS) is 40.1. The molecule has 2 aliphatic heterocycles. The summed E-state index contributed by atoms with van der Waals surface area (Å²) in [5.41, 5.74) is 5.85. The largest absolute Gasteiger partial charge is 0.379 e. The third-order valence-electron chi connectivity index (χ3n) is 3.17. The zero-order valence-electron chi connectivity index (χ0n) is 9.89. The van der Waals surface area contributed by atoms with Crippen molar-refractivity contribution >= 4 is 5.91 Å². The van der Waals surface area contributed by atoms with Gasteiger partial charge in [0.1, 0.15) is 0 Å². The first kappa shape index (κ1) is 11.8. The van der Waals surface area contributed by atoms with Crippen LogP contribution in [-0.2, 0) is 14.3 Å². The number of hydrogen-bond donors (Lipinski definition) is 1. The molecule has 2 heterocycles. The summed E-state index contributed by atoms with van der Waals surface area (Å²) in [7, 11) is 0. The van der Waals surface area contributed by atoms with Crippen LogP contribution in [-0.4, -0.2) is 55.4 Å². The Labute approximate surface area is 95.9 Å². The molecule has 2 aliphatic rings. The molecule has 4 atom stereocenters. The van der Waals surface area contributed by atoms with E-state index < -0.39 is 0 Å². The smallest absolute Gasteiger partial charge is 0.229 e. The zero-order chi connectivity index (χ0) is 11.7. The van der Waals surface area contributed by atoms with Crippen LogP contribution in [0.4, 0.5) is 0 Å². The van der Waals surface area contributed by atoms with E-state index in [1.54, 1.807) is 0 Å². The average molecular weight is 228 g/mol. The van der Waals surface area contributed by atoms with Crippen LogP contribution < -0.4 is 5.73 Å². The Morgan fingerprint density at radius 1 is 1.25 bits per heavy atom. The van der Waals surface area contributed by atoms with E-state index in [2.05, 4.69) is 0 Å². The van der Waals surface area contributed by atoms with Gasteiger partial charge < -0.3 is 20.1 Å². The number of nitrogens with zero attached hydrogens (tertiary/aromatic N) is 1. The molecule has 5 nitrogen and oxygen atoms in total. The van der Waals surface area contributed by atoms with Crippen molar-refractivity contribution in [1.29, 1.82) is 0 Å². The van der Waals surface area contributed by atoms with E-state index in [9.17, 15) is 4.79 Å². The molecule has 2 fully saturated rings. The molecule has 16 heavy (non-hydrogen) atoms. The van der Waals surface area contributed by atoms with Crippen molar-refractivity contribution < 1.29 is 14.3 Å². The highest BCUT2D eigenvalue weighted by Gasteiger charge is 2.36. The van der Waals surface area contributed by atoms with E-state index in [4.69, 9.17) is 15.2 Å². The first-order chi connectivity index (χ1) is 7.58. The Kier molecular flexibility index (Phi) is 3.47. The van der Waals surface area contributed by atoms with Gasteiger partial charge >= 0.3 is 0 Å². The zero-order valence-corrected chi connectivity index (χ0v) is 9.89. The van der Waals surface area contributed by atoms with Crippen LogP contribution in [0.3, 0.4) is 0 Å². The topological polar surface area (TPSA) is 64.8 Å². The van der Waals surface area contributed by atoms with Gasteiger partial charge in [0, 0.05) is 19.1 Å². The maximum atomic E-state index is 12.2. The molecule has 0 saturated carbocycles. The minimum atomic E-state index is -0.169. The first-order valence-electron chi connectivity index (χ1n) is 5.85. The SMILES string of the molecule is CC1CN(C(=O)C2COCC2N)CC(C)O1. The minimum absolute atomic E-state index is 0.103. The second kappa shape index (κ2) is 4.69. The molecule has 4 unspecified atom stereocenters. The lowest BCUT2D eigenvalue weighted by Crippen LogP contribution is -2.52. The Bertz CT molecular complexity index is 262. The van der Waals surface area contributed by atoms with Crippen molar-refractivity contribution in [2.75, 3.05) is 26.3 Å². The predicted octanol–water partition coefficient (Wildman–Crippen LogP) is -0.404. The van der Waals surface area contributed by atoms with Crippen molar-refractivity contribution in [2.24, 2.45) is 11.7 Å². The molecule has 0 aromatic rings. The molecule has 2 rings (SSSR count). The minimum Gasteiger partial charge on any atom is -0.379 e. The first-order valence-corrected chi connectivity index (χ1v) is 5.85. The number of carbonyl (C=O) groups is 1. The fraction of sp³-hybridized carbons (Fsp3) is 0.909. The lowest BCUT2D eigenvalue weighted by atomic mass is 10.0. The summed E-state index contributed by atoms with van der Waals surface area (Å²) in [6.45, 7) is 6.24. The molecular formula is C11H20N2O3. The van der Waals surface area contributed by atoms with E-state index in [0.29, 0.717) is 26.3 Å². The van der Waals surface area contributed by atoms with E-state index in [-0.39, 0.29) is 30.1 Å². The lowest BCUT2D eigenvalue weighted by molar-refractivity contribution is -0.147. The molecule has 1 amide bonds. The maximum Gasteiger partial charge on any atom is 0.229 e. The molecule has 0 aromatic carbocycles. The molecule has 2 N–H and O–H groups in total. The van der Waals surface area contributed by atoms with Crippen LogP contribution in [0.25, 0.3) is 0 Å². The van der Waals surface area contributed by atoms with Crippen molar-refractivity contribution in [3.8, 4) is 0 Å². The highest BCUT2D eigenvalue weighted by molar-refractivity contribution is 5.80. The second-order valence-electron chi connectivity index (χ2n) is 4.81. The van der Waals surface area contributed by atoms with E-state index in [1.165, 1.54) is 0 Å². The Hall–Kier alpha value is -0.650. The number of morpholine rings is 1. The Morgan fingerprint density at radius 3 is 2.38 bits per heavy atom. The van der Waals surface area contributed by atoms with Gasteiger partial charge in [-0.05, 0) is 13.8 Å². The van der Waals surface area contributed by atoms with Gasteiger partial charge in [-0.15, -0.1) is 0 Å². The highest BCUT2D eigenvalue weighted by atomic mass is 16.5. The van der Waals surface area contributed by atoms with Crippen molar-refractivity contribution in [3.63, 3.8) is 0 Å². The number of ether oxygens (including phenoxy) is 2. The van der Waals surface area contributed by atoms with E-state index in [1.807, 2.05) is 18.7 Å². The molecule has 2 saturated heterocycles. The van der Waals surface area contributed by atoms with Gasteiger partial charge in [-0.2, -0.15) is 0 Å². The molecule has 0 spiro atoms. The third kappa shape index (κ3) is 2.36. The molecule has 0 bridgehead atoms. The van der Waals surface area contributed by atoms with Gasteiger partial charge in [0.15, 0.2) is 0 Å². The average Bonchev–Trinajstić information content (AvgIpc) is 2.62. The molecular weight excluding hydrogens is 208 g/mol. The van der Waals surface area contributed by atoms with Crippen LogP contribution >= 0.6 is 0 Å². The summed E-state index contributed by atoms with van der Waals surface area (Å²) in [5.74, 6) is -0.0514. The van der Waals surface area contributed by atoms with Crippen LogP contribution in [0.15, 0.2) is 0 Å². The van der Waals surface area contributed by atoms with Gasteiger partial charge in [0.2, 0.25) is 5.91 Å². The molecule has 0 aliphatic carbocycles. The molecule has 0 aromatic heterocycles. The van der Waals surface area contributed by atoms with Crippen molar-refractivity contribution in [1.82, 2.24) is 4.90 Å². The van der Waals surface area contributed by atoms with E-state index in [0.717, 1.165) is 0 Å².